The summed E-state index contributed by atoms with van der Waals surface area (Å²) >= 11 is 0. The maximum atomic E-state index is 12.0. The second kappa shape index (κ2) is 6.99. The largest absolute Gasteiger partial charge is 0.444 e. The maximum absolute atomic E-state index is 12.0. The molecule has 1 atom stereocenters. The molecule has 1 N–H and O–H groups in total. The average molecular weight is 343 g/mol. The van der Waals surface area contributed by atoms with Crippen LogP contribution in [0.25, 0.3) is 0 Å². The number of hydrogen-bond acceptors (Lipinski definition) is 6. The molecule has 0 saturated carbocycles. The van der Waals surface area contributed by atoms with E-state index in [1.807, 2.05) is 0 Å². The van der Waals surface area contributed by atoms with Gasteiger partial charge in [-0.15, -0.1) is 0 Å². The summed E-state index contributed by atoms with van der Waals surface area (Å²) in [5.41, 5.74) is 0.136. The van der Waals surface area contributed by atoms with Gasteiger partial charge in [-0.1, -0.05) is 17.7 Å². The van der Waals surface area contributed by atoms with Gasteiger partial charge in [0.25, 0.3) is 0 Å². The van der Waals surface area contributed by atoms with E-state index in [0.717, 1.165) is 5.56 Å². The molecule has 1 aromatic carbocycles. The van der Waals surface area contributed by atoms with Crippen molar-refractivity contribution in [3.63, 3.8) is 0 Å². The number of ether oxygens (including phenoxy) is 1. The number of benzene rings is 1. The Morgan fingerprint density at radius 1 is 1.13 bits per heavy atom. The fraction of sp³-hybridized carbons (Fsp3) is 0.467. The lowest BCUT2D eigenvalue weighted by Gasteiger charge is -2.21. The Morgan fingerprint density at radius 3 is 2.13 bits per heavy atom. The molecule has 0 bridgehead atoms. The Balaban J connectivity index is 2.71. The predicted molar refractivity (Wildman–Crippen MR) is 83.3 cm³/mol. The summed E-state index contributed by atoms with van der Waals surface area (Å²) in [6.45, 7) is 8.10. The first kappa shape index (κ1) is 19.0. The van der Waals surface area contributed by atoms with Crippen LogP contribution in [0.4, 0.5) is 4.79 Å². The monoisotopic (exact) mass is 343 g/mol. The molecule has 1 amide bonds. The van der Waals surface area contributed by atoms with Gasteiger partial charge < -0.3 is 14.2 Å². The highest BCUT2D eigenvalue weighted by molar-refractivity contribution is 7.87. The number of alkyl carbamates (subject to hydrolysis) is 1. The SMILES string of the molecule is Cc1ccc(S(=O)(=O)OC(=O)C(C)NC(=O)OC(C)(C)C)cc1. The van der Waals surface area contributed by atoms with Gasteiger partial charge in [0.05, 0.1) is 0 Å². The highest BCUT2D eigenvalue weighted by Gasteiger charge is 2.27. The first-order valence-corrected chi connectivity index (χ1v) is 8.36. The highest BCUT2D eigenvalue weighted by atomic mass is 32.2. The van der Waals surface area contributed by atoms with E-state index in [1.54, 1.807) is 39.8 Å². The minimum Gasteiger partial charge on any atom is -0.444 e. The number of aryl methyl sites for hydroxylation is 1. The minimum atomic E-state index is -4.23. The van der Waals surface area contributed by atoms with Crippen LogP contribution in [-0.4, -0.2) is 32.1 Å². The van der Waals surface area contributed by atoms with Crippen molar-refractivity contribution < 1.29 is 26.9 Å². The first-order valence-electron chi connectivity index (χ1n) is 6.95. The summed E-state index contributed by atoms with van der Waals surface area (Å²) in [6, 6.07) is 4.67. The van der Waals surface area contributed by atoms with Crippen LogP contribution in [0, 0.1) is 6.92 Å². The zero-order valence-corrected chi connectivity index (χ0v) is 14.6. The molecule has 0 radical (unpaired) electrons. The smallest absolute Gasteiger partial charge is 0.408 e. The van der Waals surface area contributed by atoms with Crippen molar-refractivity contribution in [3.05, 3.63) is 29.8 Å². The lowest BCUT2D eigenvalue weighted by Crippen LogP contribution is -2.42. The summed E-state index contributed by atoms with van der Waals surface area (Å²) in [4.78, 5) is 23.2. The van der Waals surface area contributed by atoms with E-state index < -0.39 is 33.8 Å². The van der Waals surface area contributed by atoms with Gasteiger partial charge in [0.2, 0.25) is 0 Å². The zero-order valence-electron chi connectivity index (χ0n) is 13.7. The number of nitrogens with one attached hydrogen (secondary N) is 1. The maximum Gasteiger partial charge on any atom is 0.408 e. The third-order valence-electron chi connectivity index (χ3n) is 2.59. The molecule has 8 heteroatoms. The van der Waals surface area contributed by atoms with Crippen LogP contribution in [0.2, 0.25) is 0 Å². The Morgan fingerprint density at radius 2 is 1.65 bits per heavy atom. The standard InChI is InChI=1S/C15H21NO6S/c1-10-6-8-12(9-7-10)23(19,20)22-13(17)11(2)16-14(18)21-15(3,4)5/h6-9,11H,1-5H3,(H,16,18). The number of hydrogen-bond donors (Lipinski definition) is 1. The van der Waals surface area contributed by atoms with Crippen molar-refractivity contribution in [2.24, 2.45) is 0 Å². The summed E-state index contributed by atoms with van der Waals surface area (Å²) in [5, 5.41) is 2.22. The quantitative estimate of drug-likeness (QED) is 0.841. The number of carbonyl (C=O) groups excluding carboxylic acids is 2. The summed E-state index contributed by atoms with van der Waals surface area (Å²) < 4.78 is 33.5. The summed E-state index contributed by atoms with van der Waals surface area (Å²) in [7, 11) is -4.23. The Kier molecular flexibility index (Phi) is 5.76. The molecule has 0 fully saturated rings. The molecule has 0 aliphatic rings. The fourth-order valence-electron chi connectivity index (χ4n) is 1.48. The number of amides is 1. The van der Waals surface area contributed by atoms with Gasteiger partial charge in [-0.2, -0.15) is 8.42 Å². The molecular weight excluding hydrogens is 322 g/mol. The van der Waals surface area contributed by atoms with Crippen molar-refractivity contribution in [1.29, 1.82) is 0 Å². The molecule has 0 heterocycles. The lowest BCUT2D eigenvalue weighted by atomic mass is 10.2. The Labute approximate surface area is 136 Å². The minimum absolute atomic E-state index is 0.138. The van der Waals surface area contributed by atoms with Crippen LogP contribution in [0.1, 0.15) is 33.3 Å². The predicted octanol–water partition coefficient (Wildman–Crippen LogP) is 2.14. The van der Waals surface area contributed by atoms with Crippen molar-refractivity contribution in [2.75, 3.05) is 0 Å². The second-order valence-corrected chi connectivity index (χ2v) is 7.58. The van der Waals surface area contributed by atoms with E-state index >= 15 is 0 Å². The van der Waals surface area contributed by atoms with Gasteiger partial charge in [-0.3, -0.25) is 0 Å². The number of rotatable bonds is 4. The lowest BCUT2D eigenvalue weighted by molar-refractivity contribution is -0.135. The zero-order chi connectivity index (χ0) is 17.8. The van der Waals surface area contributed by atoms with Gasteiger partial charge in [0.15, 0.2) is 0 Å². The van der Waals surface area contributed by atoms with Crippen LogP contribution in [0.5, 0.6) is 0 Å². The molecule has 1 aromatic rings. The van der Waals surface area contributed by atoms with Gasteiger partial charge in [0, 0.05) is 0 Å². The average Bonchev–Trinajstić information content (AvgIpc) is 2.36. The van der Waals surface area contributed by atoms with E-state index in [-0.39, 0.29) is 4.90 Å². The molecule has 7 nitrogen and oxygen atoms in total. The fourth-order valence-corrected chi connectivity index (χ4v) is 2.40. The highest BCUT2D eigenvalue weighted by Crippen LogP contribution is 2.14. The molecule has 23 heavy (non-hydrogen) atoms. The molecule has 1 unspecified atom stereocenters. The van der Waals surface area contributed by atoms with Crippen molar-refractivity contribution >= 4 is 22.2 Å². The summed E-state index contributed by atoms with van der Waals surface area (Å²) in [6.07, 6.45) is -0.838. The third kappa shape index (κ3) is 6.27. The van der Waals surface area contributed by atoms with Crippen molar-refractivity contribution in [1.82, 2.24) is 5.32 Å². The van der Waals surface area contributed by atoms with Gasteiger partial charge in [-0.05, 0) is 46.8 Å². The molecule has 0 aliphatic carbocycles. The van der Waals surface area contributed by atoms with Crippen molar-refractivity contribution in [2.45, 2.75) is 51.2 Å². The number of carbonyl (C=O) groups is 2. The molecule has 0 aromatic heterocycles. The van der Waals surface area contributed by atoms with E-state index in [0.29, 0.717) is 0 Å². The molecule has 0 saturated heterocycles. The third-order valence-corrected chi connectivity index (χ3v) is 3.82. The van der Waals surface area contributed by atoms with Crippen LogP contribution in [-0.2, 0) is 23.8 Å². The molecule has 0 aliphatic heterocycles. The Hall–Kier alpha value is -2.09. The normalized spacial score (nSPS) is 13.1. The van der Waals surface area contributed by atoms with Crippen LogP contribution in [0.3, 0.4) is 0 Å². The first-order chi connectivity index (χ1) is 10.4. The van der Waals surface area contributed by atoms with E-state index in [2.05, 4.69) is 9.50 Å². The second-order valence-electron chi connectivity index (χ2n) is 6.04. The van der Waals surface area contributed by atoms with Crippen LogP contribution < -0.4 is 5.32 Å². The molecule has 1 rings (SSSR count). The van der Waals surface area contributed by atoms with Crippen LogP contribution in [0.15, 0.2) is 29.2 Å². The molecular formula is C15H21NO6S. The molecule has 128 valence electrons. The topological polar surface area (TPSA) is 98.8 Å². The Bertz CT molecular complexity index is 673. The van der Waals surface area contributed by atoms with E-state index in [4.69, 9.17) is 4.74 Å². The molecule has 0 spiro atoms. The van der Waals surface area contributed by atoms with Gasteiger partial charge in [-0.25, -0.2) is 9.59 Å². The summed E-state index contributed by atoms with van der Waals surface area (Å²) in [5.74, 6) is -1.10. The van der Waals surface area contributed by atoms with Gasteiger partial charge in [0.1, 0.15) is 16.5 Å². The van der Waals surface area contributed by atoms with Crippen LogP contribution >= 0.6 is 0 Å². The van der Waals surface area contributed by atoms with Gasteiger partial charge >= 0.3 is 22.2 Å². The van der Waals surface area contributed by atoms with E-state index in [9.17, 15) is 18.0 Å². The van der Waals surface area contributed by atoms with Crippen molar-refractivity contribution in [3.8, 4) is 0 Å². The van der Waals surface area contributed by atoms with E-state index in [1.165, 1.54) is 19.1 Å².